The number of aromatic nitrogens is 1. The van der Waals surface area contributed by atoms with Gasteiger partial charge in [-0.25, -0.2) is 13.8 Å². The summed E-state index contributed by atoms with van der Waals surface area (Å²) in [5.74, 6) is -1.41. The molecule has 0 atom stereocenters. The lowest BCUT2D eigenvalue weighted by molar-refractivity contribution is -0.140. The molecule has 0 saturated carbocycles. The normalized spacial score (nSPS) is 12.2. The highest BCUT2D eigenvalue weighted by Crippen LogP contribution is 2.36. The topological polar surface area (TPSA) is 38.9 Å². The highest BCUT2D eigenvalue weighted by molar-refractivity contribution is 5.29. The number of rotatable bonds is 2. The van der Waals surface area contributed by atoms with Crippen molar-refractivity contribution in [2.45, 2.75) is 19.1 Å². The third kappa shape index (κ3) is 2.43. The maximum absolute atomic E-state index is 12.9. The molecule has 1 heterocycles. The second-order valence-electron chi connectivity index (χ2n) is 2.87. The van der Waals surface area contributed by atoms with Crippen molar-refractivity contribution in [3.05, 3.63) is 28.8 Å². The van der Waals surface area contributed by atoms with Gasteiger partial charge in [0, 0.05) is 12.1 Å². The maximum Gasteiger partial charge on any atom is 0.418 e. The van der Waals surface area contributed by atoms with Gasteiger partial charge in [-0.15, -0.1) is 0 Å². The van der Waals surface area contributed by atoms with Crippen molar-refractivity contribution >= 4 is 0 Å². The fourth-order valence-electron chi connectivity index (χ4n) is 1.08. The summed E-state index contributed by atoms with van der Waals surface area (Å²) in [6, 6.07) is 0.254. The van der Waals surface area contributed by atoms with Crippen LogP contribution in [0, 0.1) is 5.95 Å². The van der Waals surface area contributed by atoms with Crippen molar-refractivity contribution in [1.29, 1.82) is 0 Å². The average Bonchev–Trinajstić information content (AvgIpc) is 2.15. The minimum atomic E-state index is -5.02. The van der Waals surface area contributed by atoms with E-state index in [1.165, 1.54) is 0 Å². The molecule has 0 aliphatic carbocycles. The molecule has 0 bridgehead atoms. The van der Waals surface area contributed by atoms with Crippen molar-refractivity contribution in [2.75, 3.05) is 0 Å². The lowest BCUT2D eigenvalue weighted by atomic mass is 10.1. The van der Waals surface area contributed by atoms with Gasteiger partial charge in [-0.3, -0.25) is 0 Å². The summed E-state index contributed by atoms with van der Waals surface area (Å²) in [5.41, 5.74) is 1.11. The Kier molecular flexibility index (Phi) is 3.41. The fraction of sp³-hybridized carbons (Fsp3) is 0.375. The standard InChI is InChI=1S/C8H6F6N2/c9-6(10)5-4(8(12,13)14)1-3(2-15)7(11)16-5/h1,6H,2,15H2. The lowest BCUT2D eigenvalue weighted by Crippen LogP contribution is -2.15. The first kappa shape index (κ1) is 12.8. The molecule has 16 heavy (non-hydrogen) atoms. The lowest BCUT2D eigenvalue weighted by Gasteiger charge is -2.13. The largest absolute Gasteiger partial charge is 0.418 e. The van der Waals surface area contributed by atoms with E-state index in [2.05, 4.69) is 4.98 Å². The Morgan fingerprint density at radius 2 is 1.88 bits per heavy atom. The number of nitrogens with two attached hydrogens (primary N) is 1. The van der Waals surface area contributed by atoms with E-state index in [1.54, 1.807) is 0 Å². The van der Waals surface area contributed by atoms with E-state index < -0.39 is 41.9 Å². The van der Waals surface area contributed by atoms with Crippen LogP contribution < -0.4 is 5.73 Å². The molecule has 1 aromatic rings. The van der Waals surface area contributed by atoms with Crippen molar-refractivity contribution in [3.63, 3.8) is 0 Å². The number of nitrogens with zero attached hydrogens (tertiary/aromatic N) is 1. The van der Waals surface area contributed by atoms with Crippen molar-refractivity contribution in [3.8, 4) is 0 Å². The Balaban J connectivity index is 3.43. The van der Waals surface area contributed by atoms with E-state index in [0.29, 0.717) is 0 Å². The van der Waals surface area contributed by atoms with Crippen LogP contribution >= 0.6 is 0 Å². The van der Waals surface area contributed by atoms with E-state index in [4.69, 9.17) is 5.73 Å². The second-order valence-corrected chi connectivity index (χ2v) is 2.87. The first-order chi connectivity index (χ1) is 7.27. The van der Waals surface area contributed by atoms with Crippen LogP contribution in [0.1, 0.15) is 23.2 Å². The molecular formula is C8H6F6N2. The average molecular weight is 244 g/mol. The molecule has 0 aliphatic heterocycles. The van der Waals surface area contributed by atoms with E-state index in [1.807, 2.05) is 0 Å². The summed E-state index contributed by atoms with van der Waals surface area (Å²) in [5, 5.41) is 0. The van der Waals surface area contributed by atoms with Crippen LogP contribution in [0.15, 0.2) is 6.07 Å². The zero-order chi connectivity index (χ0) is 12.5. The van der Waals surface area contributed by atoms with Gasteiger partial charge in [-0.1, -0.05) is 0 Å². The van der Waals surface area contributed by atoms with E-state index in [0.717, 1.165) is 0 Å². The number of pyridine rings is 1. The molecule has 0 saturated heterocycles. The van der Waals surface area contributed by atoms with Gasteiger partial charge in [-0.05, 0) is 6.07 Å². The van der Waals surface area contributed by atoms with Gasteiger partial charge in [0.2, 0.25) is 5.95 Å². The van der Waals surface area contributed by atoms with Gasteiger partial charge in [0.15, 0.2) is 0 Å². The van der Waals surface area contributed by atoms with E-state index >= 15 is 0 Å². The van der Waals surface area contributed by atoms with Crippen LogP contribution in [0.25, 0.3) is 0 Å². The molecule has 0 radical (unpaired) electrons. The van der Waals surface area contributed by atoms with Gasteiger partial charge < -0.3 is 5.73 Å². The molecule has 2 N–H and O–H groups in total. The van der Waals surface area contributed by atoms with Crippen LogP contribution in [0.5, 0.6) is 0 Å². The SMILES string of the molecule is NCc1cc(C(F)(F)F)c(C(F)F)nc1F. The summed E-state index contributed by atoms with van der Waals surface area (Å²) in [6.07, 6.45) is -8.52. The second kappa shape index (κ2) is 4.28. The smallest absolute Gasteiger partial charge is 0.326 e. The Bertz CT molecular complexity index is 387. The molecule has 1 rings (SSSR count). The first-order valence-electron chi connectivity index (χ1n) is 4.02. The summed E-state index contributed by atoms with van der Waals surface area (Å²) < 4.78 is 74.3. The molecule has 0 aliphatic rings. The van der Waals surface area contributed by atoms with Crippen molar-refractivity contribution in [2.24, 2.45) is 5.73 Å². The number of hydrogen-bond donors (Lipinski definition) is 1. The van der Waals surface area contributed by atoms with Gasteiger partial charge in [-0.2, -0.15) is 17.6 Å². The van der Waals surface area contributed by atoms with Gasteiger partial charge in [0.05, 0.1) is 5.56 Å². The van der Waals surface area contributed by atoms with Crippen LogP contribution in [-0.2, 0) is 12.7 Å². The van der Waals surface area contributed by atoms with Crippen molar-refractivity contribution < 1.29 is 26.3 Å². The minimum Gasteiger partial charge on any atom is -0.326 e. The van der Waals surface area contributed by atoms with Gasteiger partial charge >= 0.3 is 6.18 Å². The third-order valence-electron chi connectivity index (χ3n) is 1.81. The predicted octanol–water partition coefficient (Wildman–Crippen LogP) is 2.64. The van der Waals surface area contributed by atoms with Crippen molar-refractivity contribution in [1.82, 2.24) is 4.98 Å². The maximum atomic E-state index is 12.9. The Morgan fingerprint density at radius 1 is 1.31 bits per heavy atom. The number of alkyl halides is 5. The molecule has 8 heteroatoms. The Hall–Kier alpha value is -1.31. The van der Waals surface area contributed by atoms with E-state index in [-0.39, 0.29) is 6.07 Å². The molecule has 1 aromatic heterocycles. The summed E-state index contributed by atoms with van der Waals surface area (Å²) >= 11 is 0. The summed E-state index contributed by atoms with van der Waals surface area (Å²) in [6.45, 7) is -0.550. The Morgan fingerprint density at radius 3 is 2.25 bits per heavy atom. The van der Waals surface area contributed by atoms with Crippen LogP contribution in [0.4, 0.5) is 26.3 Å². The molecule has 90 valence electrons. The van der Waals surface area contributed by atoms with Crippen LogP contribution in [0.3, 0.4) is 0 Å². The third-order valence-corrected chi connectivity index (χ3v) is 1.81. The predicted molar refractivity (Wildman–Crippen MR) is 42.0 cm³/mol. The summed E-state index contributed by atoms with van der Waals surface area (Å²) in [7, 11) is 0. The van der Waals surface area contributed by atoms with E-state index in [9.17, 15) is 26.3 Å². The molecule has 0 spiro atoms. The quantitative estimate of drug-likeness (QED) is 0.641. The van der Waals surface area contributed by atoms with Gasteiger partial charge in [0.25, 0.3) is 6.43 Å². The van der Waals surface area contributed by atoms with Crippen LogP contribution in [0.2, 0.25) is 0 Å². The van der Waals surface area contributed by atoms with Gasteiger partial charge in [0.1, 0.15) is 5.69 Å². The monoisotopic (exact) mass is 244 g/mol. The number of halogens is 6. The van der Waals surface area contributed by atoms with Crippen LogP contribution in [-0.4, -0.2) is 4.98 Å². The molecule has 0 fully saturated rings. The molecule has 0 unspecified atom stereocenters. The highest BCUT2D eigenvalue weighted by Gasteiger charge is 2.37. The molecular weight excluding hydrogens is 238 g/mol. The molecule has 0 amide bonds. The fourth-order valence-corrected chi connectivity index (χ4v) is 1.08. The molecule has 0 aromatic carbocycles. The summed E-state index contributed by atoms with van der Waals surface area (Å²) in [4.78, 5) is 2.59. The Labute approximate surface area is 86.1 Å². The first-order valence-corrected chi connectivity index (χ1v) is 4.02. The zero-order valence-corrected chi connectivity index (χ0v) is 7.65. The minimum absolute atomic E-state index is 0.254. The zero-order valence-electron chi connectivity index (χ0n) is 7.65. The highest BCUT2D eigenvalue weighted by atomic mass is 19.4. The number of hydrogen-bond acceptors (Lipinski definition) is 2. The molecule has 2 nitrogen and oxygen atoms in total.